The molecule has 1 heteroatoms. The molecule has 0 aromatic heterocycles. The number of hydrogen-bond donors (Lipinski definition) is 1. The van der Waals surface area contributed by atoms with Gasteiger partial charge in [0.2, 0.25) is 0 Å². The van der Waals surface area contributed by atoms with Crippen molar-refractivity contribution in [3.63, 3.8) is 0 Å². The quantitative estimate of drug-likeness (QED) is 0.578. The van der Waals surface area contributed by atoms with E-state index in [0.29, 0.717) is 6.04 Å². The van der Waals surface area contributed by atoms with Crippen molar-refractivity contribution in [2.45, 2.75) is 52.1 Å². The molecule has 0 fully saturated rings. The largest absolute Gasteiger partial charge is 0.300 e. The maximum Gasteiger partial charge on any atom is 0.0689 e. The Balaban J connectivity index is 2.33. The lowest BCUT2D eigenvalue weighted by molar-refractivity contribution is 0.591. The number of hydrogen-bond acceptors (Lipinski definition) is 1. The maximum absolute atomic E-state index is 3.49. The lowest BCUT2D eigenvalue weighted by Crippen LogP contribution is -2.26. The van der Waals surface area contributed by atoms with Crippen molar-refractivity contribution >= 4 is 0 Å². The van der Waals surface area contributed by atoms with Gasteiger partial charge in [-0.3, -0.25) is 5.32 Å². The summed E-state index contributed by atoms with van der Waals surface area (Å²) in [7, 11) is 0. The second kappa shape index (κ2) is 8.84. The van der Waals surface area contributed by atoms with Gasteiger partial charge in [-0.25, -0.2) is 0 Å². The highest BCUT2D eigenvalue weighted by atomic mass is 14.9. The molecule has 0 aliphatic rings. The fraction of sp³-hybridized carbons (Fsp3) is 0.500. The molecule has 0 amide bonds. The van der Waals surface area contributed by atoms with Gasteiger partial charge in [-0.15, -0.1) is 5.92 Å². The molecule has 0 aliphatic heterocycles. The zero-order valence-corrected chi connectivity index (χ0v) is 11.0. The van der Waals surface area contributed by atoms with Crippen molar-refractivity contribution in [1.82, 2.24) is 5.32 Å². The monoisotopic (exact) mass is 229 g/mol. The summed E-state index contributed by atoms with van der Waals surface area (Å²) in [5, 5.41) is 3.49. The summed E-state index contributed by atoms with van der Waals surface area (Å²) in [4.78, 5) is 0. The third-order valence-electron chi connectivity index (χ3n) is 2.74. The molecule has 0 heterocycles. The Labute approximate surface area is 106 Å². The molecular weight excluding hydrogens is 206 g/mol. The van der Waals surface area contributed by atoms with Crippen LogP contribution in [0, 0.1) is 11.8 Å². The highest BCUT2D eigenvalue weighted by Gasteiger charge is 2.00. The van der Waals surface area contributed by atoms with E-state index in [4.69, 9.17) is 0 Å². The Morgan fingerprint density at radius 3 is 2.59 bits per heavy atom. The first-order chi connectivity index (χ1) is 8.36. The Morgan fingerprint density at radius 1 is 1.18 bits per heavy atom. The summed E-state index contributed by atoms with van der Waals surface area (Å²) in [6.45, 7) is 5.28. The number of rotatable bonds is 6. The third kappa shape index (κ3) is 6.14. The van der Waals surface area contributed by atoms with Crippen molar-refractivity contribution in [3.05, 3.63) is 35.9 Å². The molecule has 0 aliphatic carbocycles. The van der Waals surface area contributed by atoms with Gasteiger partial charge in [-0.05, 0) is 18.4 Å². The molecule has 0 saturated carbocycles. The molecule has 1 nitrogen and oxygen atoms in total. The smallest absolute Gasteiger partial charge is 0.0689 e. The minimum absolute atomic E-state index is 0.326. The minimum atomic E-state index is 0.326. The van der Waals surface area contributed by atoms with Crippen LogP contribution in [-0.2, 0) is 6.54 Å². The van der Waals surface area contributed by atoms with Crippen LogP contribution in [0.1, 0.15) is 45.1 Å². The van der Waals surface area contributed by atoms with Gasteiger partial charge in [0.15, 0.2) is 0 Å². The topological polar surface area (TPSA) is 12.0 Å². The molecule has 1 rings (SSSR count). The second-order valence-electron chi connectivity index (χ2n) is 4.25. The normalized spacial score (nSPS) is 11.6. The van der Waals surface area contributed by atoms with E-state index < -0.39 is 0 Å². The summed E-state index contributed by atoms with van der Waals surface area (Å²) in [5.74, 6) is 6.57. The molecule has 0 spiro atoms. The molecule has 0 bridgehead atoms. The zero-order chi connectivity index (χ0) is 12.3. The van der Waals surface area contributed by atoms with Crippen molar-refractivity contribution < 1.29 is 0 Å². The van der Waals surface area contributed by atoms with E-state index in [-0.39, 0.29) is 0 Å². The van der Waals surface area contributed by atoms with Crippen LogP contribution >= 0.6 is 0 Å². The number of nitrogens with one attached hydrogen (secondary N) is 1. The van der Waals surface area contributed by atoms with Crippen LogP contribution in [0.2, 0.25) is 0 Å². The molecule has 0 saturated heterocycles. The molecule has 92 valence electrons. The highest BCUT2D eigenvalue weighted by molar-refractivity contribution is 5.15. The first-order valence-electron chi connectivity index (χ1n) is 6.62. The average molecular weight is 229 g/mol. The van der Waals surface area contributed by atoms with E-state index in [1.54, 1.807) is 0 Å². The average Bonchev–Trinajstić information content (AvgIpc) is 2.39. The number of benzene rings is 1. The maximum atomic E-state index is 3.49. The van der Waals surface area contributed by atoms with Crippen LogP contribution in [0.15, 0.2) is 30.3 Å². The van der Waals surface area contributed by atoms with E-state index in [2.05, 4.69) is 55.3 Å². The predicted molar refractivity (Wildman–Crippen MR) is 74.7 cm³/mol. The van der Waals surface area contributed by atoms with Crippen LogP contribution in [0.5, 0.6) is 0 Å². The van der Waals surface area contributed by atoms with E-state index >= 15 is 0 Å². The zero-order valence-electron chi connectivity index (χ0n) is 11.0. The Morgan fingerprint density at radius 2 is 1.94 bits per heavy atom. The summed E-state index contributed by atoms with van der Waals surface area (Å²) in [5.41, 5.74) is 1.32. The van der Waals surface area contributed by atoms with Crippen molar-refractivity contribution in [1.29, 1.82) is 0 Å². The first-order valence-corrected chi connectivity index (χ1v) is 6.62. The molecule has 1 aromatic carbocycles. The SMILES string of the molecule is CCCCC#C[C@@H](CC)NCc1ccccc1. The van der Waals surface area contributed by atoms with Gasteiger partial charge in [0.1, 0.15) is 0 Å². The van der Waals surface area contributed by atoms with Gasteiger partial charge in [0.25, 0.3) is 0 Å². The molecular formula is C16H23N. The standard InChI is InChI=1S/C16H23N/c1-3-5-6-10-13-16(4-2)17-14-15-11-8-7-9-12-15/h7-9,11-12,16-17H,3-6,14H2,1-2H3/t16-/m1/s1. The van der Waals surface area contributed by atoms with Gasteiger partial charge >= 0.3 is 0 Å². The lowest BCUT2D eigenvalue weighted by Gasteiger charge is -2.10. The summed E-state index contributed by atoms with van der Waals surface area (Å²) in [6, 6.07) is 10.8. The van der Waals surface area contributed by atoms with Gasteiger partial charge in [0, 0.05) is 13.0 Å². The number of unbranched alkanes of at least 4 members (excludes halogenated alkanes) is 2. The van der Waals surface area contributed by atoms with Crippen molar-refractivity contribution in [2.75, 3.05) is 0 Å². The molecule has 1 N–H and O–H groups in total. The van der Waals surface area contributed by atoms with Crippen LogP contribution in [-0.4, -0.2) is 6.04 Å². The highest BCUT2D eigenvalue weighted by Crippen LogP contribution is 1.99. The fourth-order valence-corrected chi connectivity index (χ4v) is 1.59. The van der Waals surface area contributed by atoms with Gasteiger partial charge in [-0.1, -0.05) is 56.5 Å². The molecule has 1 aromatic rings. The van der Waals surface area contributed by atoms with Crippen molar-refractivity contribution in [2.24, 2.45) is 0 Å². The third-order valence-corrected chi connectivity index (χ3v) is 2.74. The van der Waals surface area contributed by atoms with Crippen LogP contribution in [0.4, 0.5) is 0 Å². The lowest BCUT2D eigenvalue weighted by atomic mass is 10.1. The molecule has 17 heavy (non-hydrogen) atoms. The van der Waals surface area contributed by atoms with Crippen LogP contribution < -0.4 is 5.32 Å². The second-order valence-corrected chi connectivity index (χ2v) is 4.25. The predicted octanol–water partition coefficient (Wildman–Crippen LogP) is 3.75. The van der Waals surface area contributed by atoms with E-state index in [1.807, 2.05) is 6.07 Å². The van der Waals surface area contributed by atoms with Crippen molar-refractivity contribution in [3.8, 4) is 11.8 Å². The van der Waals surface area contributed by atoms with E-state index in [0.717, 1.165) is 19.4 Å². The van der Waals surface area contributed by atoms with E-state index in [1.165, 1.54) is 18.4 Å². The summed E-state index contributed by atoms with van der Waals surface area (Å²) < 4.78 is 0. The Bertz CT molecular complexity index is 345. The molecule has 0 radical (unpaired) electrons. The minimum Gasteiger partial charge on any atom is -0.300 e. The van der Waals surface area contributed by atoms with Crippen LogP contribution in [0.25, 0.3) is 0 Å². The summed E-state index contributed by atoms with van der Waals surface area (Å²) >= 11 is 0. The van der Waals surface area contributed by atoms with Crippen LogP contribution in [0.3, 0.4) is 0 Å². The molecule has 1 atom stereocenters. The van der Waals surface area contributed by atoms with Gasteiger partial charge < -0.3 is 0 Å². The van der Waals surface area contributed by atoms with E-state index in [9.17, 15) is 0 Å². The Kier molecular flexibility index (Phi) is 7.18. The molecule has 0 unspecified atom stereocenters. The van der Waals surface area contributed by atoms with Gasteiger partial charge in [0.05, 0.1) is 6.04 Å². The fourth-order valence-electron chi connectivity index (χ4n) is 1.59. The Hall–Kier alpha value is -1.26. The first kappa shape index (κ1) is 13.8. The summed E-state index contributed by atoms with van der Waals surface area (Å²) in [6.07, 6.45) is 4.52. The van der Waals surface area contributed by atoms with Gasteiger partial charge in [-0.2, -0.15) is 0 Å².